The number of imidazole rings is 1. The van der Waals surface area contributed by atoms with Crippen molar-refractivity contribution in [1.29, 1.82) is 0 Å². The Morgan fingerprint density at radius 2 is 1.23 bits per heavy atom. The van der Waals surface area contributed by atoms with E-state index in [0.29, 0.717) is 0 Å². The van der Waals surface area contributed by atoms with E-state index in [9.17, 15) is 13.2 Å². The summed E-state index contributed by atoms with van der Waals surface area (Å²) in [5, 5.41) is 0. The van der Waals surface area contributed by atoms with Crippen LogP contribution in [0.25, 0.3) is 11.4 Å². The van der Waals surface area contributed by atoms with E-state index in [1.807, 2.05) is 0 Å². The molecule has 1 aromatic heterocycles. The lowest BCUT2D eigenvalue weighted by atomic mass is 10.0. The maximum atomic E-state index is 10.7. The Kier molecular flexibility index (Phi) is 7.02. The minimum Gasteiger partial charge on any atom is -0.741 e. The Bertz CT molecular complexity index is 1090. The molecule has 3 rings (SSSR count). The smallest absolute Gasteiger partial charge is 0.485 e. The van der Waals surface area contributed by atoms with Gasteiger partial charge in [-0.1, -0.05) is 35.4 Å². The number of hydrogen-bond donors (Lipinski definition) is 0. The summed E-state index contributed by atoms with van der Waals surface area (Å²) >= 11 is 0. The number of benzene rings is 2. The van der Waals surface area contributed by atoms with Gasteiger partial charge in [-0.3, -0.25) is 0 Å². The van der Waals surface area contributed by atoms with Crippen LogP contribution in [0.3, 0.4) is 0 Å². The average Bonchev–Trinajstić information content (AvgIpc) is 3.00. The number of halogens is 3. The monoisotopic (exact) mass is 454 g/mol. The lowest BCUT2D eigenvalue weighted by Crippen LogP contribution is -2.30. The van der Waals surface area contributed by atoms with Crippen LogP contribution in [-0.4, -0.2) is 23.0 Å². The van der Waals surface area contributed by atoms with Crippen LogP contribution in [0, 0.1) is 41.5 Å². The molecular formula is C22H25F3N2O3S. The predicted octanol–water partition coefficient (Wildman–Crippen LogP) is 4.66. The van der Waals surface area contributed by atoms with Gasteiger partial charge in [0.1, 0.15) is 23.8 Å². The predicted molar refractivity (Wildman–Crippen MR) is 111 cm³/mol. The topological polar surface area (TPSA) is 66.0 Å². The SMILES string of the molecule is Cc1cc(C)c(-n2cc[n+](-c3c(C)cc(C)cc3C)c2)c(C)c1.O=S(=O)([O-])C(F)(F)F. The highest BCUT2D eigenvalue weighted by Crippen LogP contribution is 2.22. The van der Waals surface area contributed by atoms with Crippen LogP contribution in [0.2, 0.25) is 0 Å². The van der Waals surface area contributed by atoms with E-state index in [0.717, 1.165) is 0 Å². The molecule has 0 aliphatic carbocycles. The molecule has 0 saturated carbocycles. The third kappa shape index (κ3) is 5.74. The van der Waals surface area contributed by atoms with Crippen LogP contribution in [0.1, 0.15) is 33.4 Å². The maximum Gasteiger partial charge on any atom is 0.485 e. The summed E-state index contributed by atoms with van der Waals surface area (Å²) in [6.07, 6.45) is 6.46. The van der Waals surface area contributed by atoms with Crippen molar-refractivity contribution in [2.75, 3.05) is 0 Å². The van der Waals surface area contributed by atoms with Crippen molar-refractivity contribution in [1.82, 2.24) is 4.57 Å². The summed E-state index contributed by atoms with van der Waals surface area (Å²) in [6.45, 7) is 13.0. The number of aromatic nitrogens is 2. The van der Waals surface area contributed by atoms with Gasteiger partial charge < -0.3 is 4.55 Å². The number of hydrogen-bond acceptors (Lipinski definition) is 3. The molecular weight excluding hydrogens is 429 g/mol. The van der Waals surface area contributed by atoms with Gasteiger partial charge in [-0.15, -0.1) is 0 Å². The second-order valence-corrected chi connectivity index (χ2v) is 8.99. The molecule has 0 radical (unpaired) electrons. The van der Waals surface area contributed by atoms with Gasteiger partial charge in [0.25, 0.3) is 6.33 Å². The first-order valence-corrected chi connectivity index (χ1v) is 10.8. The van der Waals surface area contributed by atoms with E-state index in [-0.39, 0.29) is 0 Å². The van der Waals surface area contributed by atoms with Crippen LogP contribution in [-0.2, 0) is 10.1 Å². The Morgan fingerprint density at radius 1 is 0.839 bits per heavy atom. The molecule has 0 fully saturated rings. The standard InChI is InChI=1S/C21H25N2.CHF3O3S/c1-14-9-16(3)20(17(4)10-14)22-7-8-23(13-22)21-18(5)11-15(2)12-19(21)6;2-1(3,4)8(5,6)7/h7-13H,1-6H3;(H,5,6,7)/q+1;/p-1. The van der Waals surface area contributed by atoms with Crippen molar-refractivity contribution in [2.24, 2.45) is 0 Å². The molecule has 0 unspecified atom stereocenters. The lowest BCUT2D eigenvalue weighted by Gasteiger charge is -2.08. The quantitative estimate of drug-likeness (QED) is 0.322. The lowest BCUT2D eigenvalue weighted by molar-refractivity contribution is -0.595. The second-order valence-electron chi connectivity index (χ2n) is 7.62. The van der Waals surface area contributed by atoms with Crippen molar-refractivity contribution >= 4 is 10.1 Å². The van der Waals surface area contributed by atoms with Crippen molar-refractivity contribution in [2.45, 2.75) is 47.1 Å². The maximum absolute atomic E-state index is 10.7. The van der Waals surface area contributed by atoms with Gasteiger partial charge in [-0.2, -0.15) is 13.2 Å². The molecule has 0 bridgehead atoms. The minimum absolute atomic E-state index is 1.27. The summed E-state index contributed by atoms with van der Waals surface area (Å²) in [5.74, 6) is 0. The fourth-order valence-corrected chi connectivity index (χ4v) is 3.78. The summed E-state index contributed by atoms with van der Waals surface area (Å²) in [5.41, 5.74) is 4.76. The molecule has 0 spiro atoms. The van der Waals surface area contributed by atoms with Gasteiger partial charge in [0.05, 0.1) is 0 Å². The molecule has 168 valence electrons. The van der Waals surface area contributed by atoms with Gasteiger partial charge in [-0.25, -0.2) is 17.6 Å². The zero-order chi connectivity index (χ0) is 23.7. The van der Waals surface area contributed by atoms with E-state index >= 15 is 0 Å². The van der Waals surface area contributed by atoms with Crippen LogP contribution in [0.4, 0.5) is 13.2 Å². The number of aryl methyl sites for hydroxylation is 6. The number of rotatable bonds is 2. The summed E-state index contributed by atoms with van der Waals surface area (Å²) in [7, 11) is -6.09. The van der Waals surface area contributed by atoms with E-state index in [1.54, 1.807) is 0 Å². The number of nitrogens with zero attached hydrogens (tertiary/aromatic N) is 2. The molecule has 3 aromatic rings. The zero-order valence-electron chi connectivity index (χ0n) is 18.2. The molecule has 0 N–H and O–H groups in total. The zero-order valence-corrected chi connectivity index (χ0v) is 19.0. The summed E-state index contributed by atoms with van der Waals surface area (Å²) < 4.78 is 63.4. The molecule has 0 atom stereocenters. The molecule has 5 nitrogen and oxygen atoms in total. The van der Waals surface area contributed by atoms with Crippen molar-refractivity contribution in [3.8, 4) is 11.4 Å². The third-order valence-electron chi connectivity index (χ3n) is 4.71. The van der Waals surface area contributed by atoms with Crippen LogP contribution in [0.5, 0.6) is 0 Å². The molecule has 0 aliphatic rings. The normalized spacial score (nSPS) is 11.8. The first kappa shape index (κ1) is 24.6. The van der Waals surface area contributed by atoms with Crippen molar-refractivity contribution in [3.63, 3.8) is 0 Å². The van der Waals surface area contributed by atoms with E-state index in [4.69, 9.17) is 13.0 Å². The molecule has 1 heterocycles. The average molecular weight is 455 g/mol. The van der Waals surface area contributed by atoms with Crippen molar-refractivity contribution < 1.29 is 30.7 Å². The Morgan fingerprint density at radius 3 is 1.61 bits per heavy atom. The van der Waals surface area contributed by atoms with Gasteiger partial charge >= 0.3 is 5.51 Å². The van der Waals surface area contributed by atoms with Gasteiger partial charge in [0.15, 0.2) is 10.1 Å². The second kappa shape index (κ2) is 8.84. The number of alkyl halides is 3. The third-order valence-corrected chi connectivity index (χ3v) is 5.27. The fourth-order valence-electron chi connectivity index (χ4n) is 3.78. The van der Waals surface area contributed by atoms with Crippen LogP contribution >= 0.6 is 0 Å². The Labute approximate surface area is 180 Å². The highest BCUT2D eigenvalue weighted by atomic mass is 32.2. The fraction of sp³-hybridized carbons (Fsp3) is 0.318. The molecule has 2 aromatic carbocycles. The molecule has 9 heteroatoms. The molecule has 0 amide bonds. The van der Waals surface area contributed by atoms with Crippen LogP contribution < -0.4 is 4.57 Å². The molecule has 31 heavy (non-hydrogen) atoms. The Hall–Kier alpha value is -2.65. The van der Waals surface area contributed by atoms with Gasteiger partial charge in [0, 0.05) is 0 Å². The van der Waals surface area contributed by atoms with Gasteiger partial charge in [0.2, 0.25) is 0 Å². The summed E-state index contributed by atoms with van der Waals surface area (Å²) in [6, 6.07) is 8.98. The van der Waals surface area contributed by atoms with Crippen molar-refractivity contribution in [3.05, 3.63) is 76.4 Å². The Balaban J connectivity index is 0.000000366. The van der Waals surface area contributed by atoms with E-state index in [2.05, 4.69) is 93.7 Å². The van der Waals surface area contributed by atoms with E-state index in [1.165, 1.54) is 44.8 Å². The first-order valence-electron chi connectivity index (χ1n) is 9.39. The first-order chi connectivity index (χ1) is 14.1. The molecule has 0 saturated heterocycles. The largest absolute Gasteiger partial charge is 0.741 e. The summed E-state index contributed by atoms with van der Waals surface area (Å²) in [4.78, 5) is 0. The highest BCUT2D eigenvalue weighted by molar-refractivity contribution is 7.86. The highest BCUT2D eigenvalue weighted by Gasteiger charge is 2.36. The molecule has 0 aliphatic heterocycles. The minimum atomic E-state index is -6.09. The van der Waals surface area contributed by atoms with E-state index < -0.39 is 15.6 Å². The van der Waals surface area contributed by atoms with Gasteiger partial charge in [-0.05, 0) is 63.8 Å². The van der Waals surface area contributed by atoms with Crippen LogP contribution in [0.15, 0.2) is 43.0 Å².